The van der Waals surface area contributed by atoms with E-state index in [1.165, 1.54) is 30.0 Å². The first-order chi connectivity index (χ1) is 13.2. The molecule has 3 aromatic rings. The van der Waals surface area contributed by atoms with E-state index in [1.54, 1.807) is 12.3 Å². The van der Waals surface area contributed by atoms with Gasteiger partial charge in [0.25, 0.3) is 0 Å². The van der Waals surface area contributed by atoms with Crippen LogP contribution < -0.4 is 5.73 Å². The van der Waals surface area contributed by atoms with E-state index in [4.69, 9.17) is 22.1 Å². The Hall–Kier alpha value is -2.30. The quantitative estimate of drug-likeness (QED) is 0.517. The lowest BCUT2D eigenvalue weighted by atomic mass is 9.88. The van der Waals surface area contributed by atoms with Gasteiger partial charge in [0.2, 0.25) is 0 Å². The molecule has 5 N–H and O–H groups in total. The molecule has 0 radical (unpaired) electrons. The van der Waals surface area contributed by atoms with Gasteiger partial charge < -0.3 is 30.4 Å². The van der Waals surface area contributed by atoms with Crippen LogP contribution in [0.25, 0.3) is 11.0 Å². The number of ether oxygens (including phenoxy) is 1. The van der Waals surface area contributed by atoms with E-state index < -0.39 is 36.0 Å². The predicted octanol–water partition coefficient (Wildman–Crippen LogP) is 1.55. The minimum Gasteiger partial charge on any atom is -0.385 e. The Morgan fingerprint density at radius 2 is 2.11 bits per heavy atom. The number of aliphatic hydroxyl groups excluding tert-OH is 2. The molecule has 0 spiro atoms. The van der Waals surface area contributed by atoms with Crippen LogP contribution >= 0.6 is 11.6 Å². The Morgan fingerprint density at radius 3 is 2.82 bits per heavy atom. The van der Waals surface area contributed by atoms with Crippen molar-refractivity contribution in [3.05, 3.63) is 53.2 Å². The third kappa shape index (κ3) is 2.83. The zero-order valence-corrected chi connectivity index (χ0v) is 15.5. The van der Waals surface area contributed by atoms with Crippen molar-refractivity contribution >= 4 is 28.5 Å². The van der Waals surface area contributed by atoms with Crippen molar-refractivity contribution in [2.45, 2.75) is 37.1 Å². The molecule has 1 fully saturated rings. The zero-order chi connectivity index (χ0) is 20.2. The van der Waals surface area contributed by atoms with Gasteiger partial charge in [-0.3, -0.25) is 0 Å². The van der Waals surface area contributed by atoms with Gasteiger partial charge in [-0.1, -0.05) is 17.7 Å². The first-order valence-electron chi connectivity index (χ1n) is 8.47. The average molecular weight is 409 g/mol. The number of rotatable bonds is 3. The van der Waals surface area contributed by atoms with Crippen molar-refractivity contribution in [1.82, 2.24) is 14.5 Å². The second kappa shape index (κ2) is 6.64. The second-order valence-corrected chi connectivity index (χ2v) is 7.38. The lowest BCUT2D eigenvalue weighted by Gasteiger charge is -2.29. The molecule has 1 aliphatic rings. The summed E-state index contributed by atoms with van der Waals surface area (Å²) in [6.45, 7) is 1.31. The molecular weight excluding hydrogens is 391 g/mol. The molecule has 148 valence electrons. The summed E-state index contributed by atoms with van der Waals surface area (Å²) in [7, 11) is 0. The smallest absolute Gasteiger partial charge is 0.164 e. The third-order valence-electron chi connectivity index (χ3n) is 5.11. The van der Waals surface area contributed by atoms with Gasteiger partial charge in [0.05, 0.1) is 5.39 Å². The highest BCUT2D eigenvalue weighted by Crippen LogP contribution is 2.44. The molecule has 4 rings (SSSR count). The van der Waals surface area contributed by atoms with Crippen LogP contribution in [0.5, 0.6) is 0 Å². The fourth-order valence-corrected chi connectivity index (χ4v) is 3.69. The zero-order valence-electron chi connectivity index (χ0n) is 14.7. The average Bonchev–Trinajstić information content (AvgIpc) is 3.15. The number of anilines is 1. The van der Waals surface area contributed by atoms with Gasteiger partial charge in [-0.2, -0.15) is 0 Å². The number of nitrogen functional groups attached to an aromatic ring is 1. The molecule has 8 nitrogen and oxygen atoms in total. The molecule has 0 unspecified atom stereocenters. The Kier molecular flexibility index (Phi) is 4.52. The molecule has 3 heterocycles. The molecule has 1 aliphatic heterocycles. The van der Waals surface area contributed by atoms with Gasteiger partial charge in [0.1, 0.15) is 47.5 Å². The summed E-state index contributed by atoms with van der Waals surface area (Å²) in [6, 6.07) is 5.43. The van der Waals surface area contributed by atoms with E-state index >= 15 is 0 Å². The summed E-state index contributed by atoms with van der Waals surface area (Å²) < 4.78 is 21.5. The van der Waals surface area contributed by atoms with Gasteiger partial charge in [0, 0.05) is 16.8 Å². The molecule has 1 aromatic carbocycles. The van der Waals surface area contributed by atoms with Gasteiger partial charge in [0.15, 0.2) is 6.23 Å². The highest BCUT2D eigenvalue weighted by atomic mass is 35.5. The van der Waals surface area contributed by atoms with Crippen molar-refractivity contribution in [3.63, 3.8) is 0 Å². The first kappa shape index (κ1) is 19.0. The summed E-state index contributed by atoms with van der Waals surface area (Å²) in [6.07, 6.45) is -2.54. The topological polar surface area (TPSA) is 127 Å². The van der Waals surface area contributed by atoms with E-state index in [1.807, 2.05) is 0 Å². The Morgan fingerprint density at radius 1 is 1.36 bits per heavy atom. The van der Waals surface area contributed by atoms with Crippen LogP contribution in [0.3, 0.4) is 0 Å². The number of benzene rings is 1. The minimum atomic E-state index is -1.88. The van der Waals surface area contributed by atoms with Gasteiger partial charge in [-0.05, 0) is 25.1 Å². The maximum Gasteiger partial charge on any atom is 0.164 e. The largest absolute Gasteiger partial charge is 0.385 e. The molecule has 10 heteroatoms. The van der Waals surface area contributed by atoms with Crippen LogP contribution in [0, 0.1) is 5.82 Å². The van der Waals surface area contributed by atoms with Gasteiger partial charge in [-0.25, -0.2) is 14.4 Å². The van der Waals surface area contributed by atoms with Crippen molar-refractivity contribution in [2.75, 3.05) is 5.73 Å². The third-order valence-corrected chi connectivity index (χ3v) is 5.35. The molecule has 0 bridgehead atoms. The van der Waals surface area contributed by atoms with E-state index in [-0.39, 0.29) is 16.4 Å². The highest BCUT2D eigenvalue weighted by Gasteiger charge is 2.56. The highest BCUT2D eigenvalue weighted by molar-refractivity contribution is 6.30. The maximum atomic E-state index is 14.2. The van der Waals surface area contributed by atoms with E-state index in [0.717, 1.165) is 6.07 Å². The van der Waals surface area contributed by atoms with Crippen LogP contribution in [-0.4, -0.2) is 47.7 Å². The molecule has 0 aliphatic carbocycles. The lowest BCUT2D eigenvalue weighted by molar-refractivity contribution is -0.115. The Labute approximate surface area is 164 Å². The normalized spacial score (nSPS) is 28.7. The fourth-order valence-electron chi connectivity index (χ4n) is 3.53. The summed E-state index contributed by atoms with van der Waals surface area (Å²) >= 11 is 5.75. The number of aromatic nitrogens is 3. The molecule has 5 atom stereocenters. The van der Waals surface area contributed by atoms with Crippen molar-refractivity contribution in [2.24, 2.45) is 0 Å². The van der Waals surface area contributed by atoms with Crippen LogP contribution in [0.2, 0.25) is 5.02 Å². The number of nitrogens with zero attached hydrogens (tertiary/aromatic N) is 3. The number of aliphatic hydroxyl groups is 3. The standard InChI is InChI=1S/C18H18ClFN4O4/c1-18(27)13(26)17(24-5-4-10-15(21)22-7-23-16(10)24)28-14(18)12(25)9-3-2-8(19)6-11(9)20/h2-7,12-14,17,25-27H,1H3,(H2,21,22,23)/t12-,13-,14+,17+,18-/m0/s1. The molecule has 1 saturated heterocycles. The number of hydrogen-bond donors (Lipinski definition) is 4. The van der Waals surface area contributed by atoms with E-state index in [0.29, 0.717) is 11.0 Å². The minimum absolute atomic E-state index is 0.105. The van der Waals surface area contributed by atoms with Crippen LogP contribution in [0.1, 0.15) is 24.8 Å². The number of fused-ring (bicyclic) bond motifs is 1. The first-order valence-corrected chi connectivity index (χ1v) is 8.85. The number of halogens is 2. The van der Waals surface area contributed by atoms with Crippen molar-refractivity contribution in [1.29, 1.82) is 0 Å². The second-order valence-electron chi connectivity index (χ2n) is 6.95. The van der Waals surface area contributed by atoms with E-state index in [9.17, 15) is 19.7 Å². The summed E-state index contributed by atoms with van der Waals surface area (Å²) in [5, 5.41) is 32.9. The summed E-state index contributed by atoms with van der Waals surface area (Å²) in [5.41, 5.74) is 4.23. The fraction of sp³-hybridized carbons (Fsp3) is 0.333. The monoisotopic (exact) mass is 408 g/mol. The van der Waals surface area contributed by atoms with Crippen LogP contribution in [-0.2, 0) is 4.74 Å². The molecule has 0 amide bonds. The van der Waals surface area contributed by atoms with Crippen LogP contribution in [0.15, 0.2) is 36.8 Å². The van der Waals surface area contributed by atoms with Crippen molar-refractivity contribution in [3.8, 4) is 0 Å². The van der Waals surface area contributed by atoms with E-state index in [2.05, 4.69) is 9.97 Å². The van der Waals surface area contributed by atoms with Crippen molar-refractivity contribution < 1.29 is 24.4 Å². The SMILES string of the molecule is C[C@@]1(O)[C@@H]([C@@H](O)c2ccc(Cl)cc2F)O[C@@H](n2ccc3c(N)ncnc32)[C@@H]1O. The lowest BCUT2D eigenvalue weighted by Crippen LogP contribution is -2.47. The predicted molar refractivity (Wildman–Crippen MR) is 98.9 cm³/mol. The van der Waals surface area contributed by atoms with Crippen LogP contribution in [0.4, 0.5) is 10.2 Å². The summed E-state index contributed by atoms with van der Waals surface area (Å²) in [5.74, 6) is -0.493. The molecule has 2 aromatic heterocycles. The molecular formula is C18H18ClFN4O4. The number of nitrogens with two attached hydrogens (primary N) is 1. The maximum absolute atomic E-state index is 14.2. The number of hydrogen-bond acceptors (Lipinski definition) is 7. The Balaban J connectivity index is 1.72. The molecule has 28 heavy (non-hydrogen) atoms. The summed E-state index contributed by atoms with van der Waals surface area (Å²) in [4.78, 5) is 8.05. The van der Waals surface area contributed by atoms with Gasteiger partial charge in [-0.15, -0.1) is 0 Å². The Bertz CT molecular complexity index is 1040. The van der Waals surface area contributed by atoms with Gasteiger partial charge >= 0.3 is 0 Å². The molecule has 0 saturated carbocycles.